The van der Waals surface area contributed by atoms with Crippen LogP contribution in [0.2, 0.25) is 0 Å². The second-order valence-electron chi connectivity index (χ2n) is 3.43. The number of nitrogens with one attached hydrogen (secondary N) is 1. The molecule has 0 spiro atoms. The summed E-state index contributed by atoms with van der Waals surface area (Å²) in [6.07, 6.45) is 1.70. The number of rotatable bonds is 5. The minimum Gasteiger partial charge on any atom is -0.481 e. The van der Waals surface area contributed by atoms with Crippen molar-refractivity contribution in [1.82, 2.24) is 19.7 Å². The number of aromatic nitrogens is 4. The highest BCUT2D eigenvalue weighted by Gasteiger charge is 2.12. The average Bonchev–Trinajstić information content (AvgIpc) is 2.85. The van der Waals surface area contributed by atoms with Crippen molar-refractivity contribution in [2.24, 2.45) is 0 Å². The third kappa shape index (κ3) is 2.99. The van der Waals surface area contributed by atoms with E-state index in [1.807, 2.05) is 6.92 Å². The normalized spacial score (nSPS) is 10.7. The van der Waals surface area contributed by atoms with Gasteiger partial charge in [0.2, 0.25) is 0 Å². The van der Waals surface area contributed by atoms with Crippen molar-refractivity contribution in [3.05, 3.63) is 26.6 Å². The summed E-state index contributed by atoms with van der Waals surface area (Å²) in [5.74, 6) is -1.08. The minimum atomic E-state index is -0.948. The van der Waals surface area contributed by atoms with E-state index in [9.17, 15) is 9.59 Å². The smallest absolute Gasteiger partial charge is 0.344 e. The van der Waals surface area contributed by atoms with Gasteiger partial charge in [-0.1, -0.05) is 11.8 Å². The van der Waals surface area contributed by atoms with Crippen molar-refractivity contribution in [2.75, 3.05) is 5.75 Å². The molecule has 0 saturated carbocycles. The van der Waals surface area contributed by atoms with Crippen LogP contribution in [0.4, 0.5) is 0 Å². The van der Waals surface area contributed by atoms with Crippen molar-refractivity contribution in [3.63, 3.8) is 0 Å². The molecule has 2 heterocycles. The van der Waals surface area contributed by atoms with Crippen LogP contribution in [-0.4, -0.2) is 36.6 Å². The zero-order valence-corrected chi connectivity index (χ0v) is 11.0. The van der Waals surface area contributed by atoms with Crippen molar-refractivity contribution in [1.29, 1.82) is 0 Å². The lowest BCUT2D eigenvalue weighted by Gasteiger charge is -2.01. The zero-order valence-electron chi connectivity index (χ0n) is 9.41. The van der Waals surface area contributed by atoms with Crippen LogP contribution in [0.25, 0.3) is 0 Å². The number of carboxylic acid groups (broad SMARTS) is 1. The highest BCUT2D eigenvalue weighted by atomic mass is 32.2. The third-order valence-electron chi connectivity index (χ3n) is 2.03. The Labute approximate surface area is 110 Å². The van der Waals surface area contributed by atoms with Crippen LogP contribution in [0, 0.1) is 6.92 Å². The predicted octanol–water partition coefficient (Wildman–Crippen LogP) is 0.561. The van der Waals surface area contributed by atoms with Gasteiger partial charge in [0.25, 0.3) is 0 Å². The molecular weight excluding hydrogens is 276 g/mol. The Kier molecular flexibility index (Phi) is 3.82. The number of hydrogen-bond donors (Lipinski definition) is 2. The molecule has 0 aliphatic heterocycles. The highest BCUT2D eigenvalue weighted by molar-refractivity contribution is 7.99. The van der Waals surface area contributed by atoms with E-state index in [4.69, 9.17) is 5.11 Å². The molecule has 0 radical (unpaired) electrons. The van der Waals surface area contributed by atoms with Gasteiger partial charge in [0.1, 0.15) is 0 Å². The number of carbonyl (C=O) groups is 1. The van der Waals surface area contributed by atoms with Gasteiger partial charge in [-0.25, -0.2) is 14.9 Å². The summed E-state index contributed by atoms with van der Waals surface area (Å²) in [5.41, 5.74) is -0.353. The second-order valence-corrected chi connectivity index (χ2v) is 5.69. The van der Waals surface area contributed by atoms with Crippen LogP contribution in [0.5, 0.6) is 0 Å². The van der Waals surface area contributed by atoms with Crippen LogP contribution in [0.15, 0.2) is 16.1 Å². The first-order valence-corrected chi connectivity index (χ1v) is 6.77. The summed E-state index contributed by atoms with van der Waals surface area (Å²) in [7, 11) is 0. The Morgan fingerprint density at radius 1 is 1.67 bits per heavy atom. The number of aryl methyl sites for hydroxylation is 1. The molecule has 2 rings (SSSR count). The predicted molar refractivity (Wildman–Crippen MR) is 67.2 cm³/mol. The first kappa shape index (κ1) is 12.8. The minimum absolute atomic E-state index is 0.133. The maximum absolute atomic E-state index is 11.6. The molecule has 9 heteroatoms. The van der Waals surface area contributed by atoms with Crippen LogP contribution in [-0.2, 0) is 11.3 Å². The van der Waals surface area contributed by atoms with E-state index >= 15 is 0 Å². The van der Waals surface area contributed by atoms with Gasteiger partial charge in [-0.2, -0.15) is 0 Å². The molecule has 0 saturated heterocycles. The maximum atomic E-state index is 11.6. The van der Waals surface area contributed by atoms with Gasteiger partial charge in [0.15, 0.2) is 5.16 Å². The van der Waals surface area contributed by atoms with Crippen LogP contribution in [0.3, 0.4) is 0 Å². The molecule has 0 bridgehead atoms. The molecule has 0 aliphatic carbocycles. The number of aliphatic carboxylic acids is 1. The van der Waals surface area contributed by atoms with Crippen LogP contribution in [0.1, 0.15) is 9.88 Å². The maximum Gasteiger partial charge on any atom is 0.344 e. The van der Waals surface area contributed by atoms with Crippen LogP contribution >= 0.6 is 23.1 Å². The number of carboxylic acids is 1. The molecule has 2 aromatic heterocycles. The van der Waals surface area contributed by atoms with Gasteiger partial charge >= 0.3 is 11.7 Å². The third-order valence-corrected chi connectivity index (χ3v) is 3.89. The summed E-state index contributed by atoms with van der Waals surface area (Å²) in [6.45, 7) is 2.23. The Bertz CT molecular complexity index is 615. The second kappa shape index (κ2) is 5.36. The Hall–Kier alpha value is -1.61. The molecule has 0 aliphatic rings. The van der Waals surface area contributed by atoms with Gasteiger partial charge < -0.3 is 5.11 Å². The number of aromatic amines is 1. The fourth-order valence-corrected chi connectivity index (χ4v) is 2.76. The first-order valence-electron chi connectivity index (χ1n) is 4.97. The van der Waals surface area contributed by atoms with E-state index in [1.54, 1.807) is 6.20 Å². The quantitative estimate of drug-likeness (QED) is 0.779. The molecule has 96 valence electrons. The molecule has 18 heavy (non-hydrogen) atoms. The average molecular weight is 286 g/mol. The standard InChI is InChI=1S/C9H10N4O3S2/c1-5-10-2-6(18-5)3-13-8(16)11-12-9(13)17-4-7(14)15/h2H,3-4H2,1H3,(H,11,16)(H,14,15). The summed E-state index contributed by atoms with van der Waals surface area (Å²) in [4.78, 5) is 27.1. The van der Waals surface area contributed by atoms with E-state index in [0.29, 0.717) is 11.7 Å². The fraction of sp³-hybridized carbons (Fsp3) is 0.333. The monoisotopic (exact) mass is 286 g/mol. The SMILES string of the molecule is Cc1ncc(Cn2c(SCC(=O)O)n[nH]c2=O)s1. The van der Waals surface area contributed by atoms with Crippen molar-refractivity contribution in [2.45, 2.75) is 18.6 Å². The molecule has 2 aromatic rings. The van der Waals surface area contributed by atoms with Crippen LogP contribution < -0.4 is 5.69 Å². The number of hydrogen-bond acceptors (Lipinski definition) is 6. The number of H-pyrrole nitrogens is 1. The first-order chi connectivity index (χ1) is 8.56. The van der Waals surface area contributed by atoms with Gasteiger partial charge in [-0.05, 0) is 6.92 Å². The van der Waals surface area contributed by atoms with E-state index in [2.05, 4.69) is 15.2 Å². The lowest BCUT2D eigenvalue weighted by molar-refractivity contribution is -0.133. The number of thiazole rings is 1. The Morgan fingerprint density at radius 2 is 2.44 bits per heavy atom. The largest absolute Gasteiger partial charge is 0.481 e. The number of nitrogens with zero attached hydrogens (tertiary/aromatic N) is 3. The highest BCUT2D eigenvalue weighted by Crippen LogP contribution is 2.17. The fourth-order valence-electron chi connectivity index (χ4n) is 1.31. The number of thioether (sulfide) groups is 1. The summed E-state index contributed by atoms with van der Waals surface area (Å²) < 4.78 is 1.40. The molecule has 7 nitrogen and oxygen atoms in total. The van der Waals surface area contributed by atoms with E-state index in [0.717, 1.165) is 21.6 Å². The molecule has 0 amide bonds. The van der Waals surface area contributed by atoms with Gasteiger partial charge in [-0.15, -0.1) is 16.4 Å². The topological polar surface area (TPSA) is 101 Å². The lowest BCUT2D eigenvalue weighted by Crippen LogP contribution is -2.18. The van der Waals surface area contributed by atoms with Crippen molar-refractivity contribution in [3.8, 4) is 0 Å². The van der Waals surface area contributed by atoms with Gasteiger partial charge in [0, 0.05) is 11.1 Å². The summed E-state index contributed by atoms with van der Waals surface area (Å²) in [5, 5.41) is 16.0. The zero-order chi connectivity index (χ0) is 13.1. The molecule has 0 aromatic carbocycles. The molecular formula is C9H10N4O3S2. The summed E-state index contributed by atoms with van der Waals surface area (Å²) >= 11 is 2.50. The molecule has 0 fully saturated rings. The van der Waals surface area contributed by atoms with E-state index in [-0.39, 0.29) is 11.4 Å². The molecule has 0 atom stereocenters. The van der Waals surface area contributed by atoms with Crippen molar-refractivity contribution < 1.29 is 9.90 Å². The van der Waals surface area contributed by atoms with E-state index in [1.165, 1.54) is 15.9 Å². The van der Waals surface area contributed by atoms with Gasteiger partial charge in [0.05, 0.1) is 17.3 Å². The van der Waals surface area contributed by atoms with Gasteiger partial charge in [-0.3, -0.25) is 9.36 Å². The Morgan fingerprint density at radius 3 is 3.06 bits per heavy atom. The summed E-state index contributed by atoms with van der Waals surface area (Å²) in [6, 6.07) is 0. The van der Waals surface area contributed by atoms with Crippen molar-refractivity contribution >= 4 is 29.1 Å². The molecule has 2 N–H and O–H groups in total. The molecule has 0 unspecified atom stereocenters. The van der Waals surface area contributed by atoms with E-state index < -0.39 is 5.97 Å². The Balaban J connectivity index is 2.18. The lowest BCUT2D eigenvalue weighted by atomic mass is 10.5.